The number of nitrogens with one attached hydrogen (secondary N) is 1. The Hall–Kier alpha value is -2.86. The third-order valence-corrected chi connectivity index (χ3v) is 3.85. The summed E-state index contributed by atoms with van der Waals surface area (Å²) in [5.41, 5.74) is 10.3. The largest absolute Gasteiger partial charge is 0.383 e. The van der Waals surface area contributed by atoms with Gasteiger partial charge in [0, 0.05) is 12.1 Å². The summed E-state index contributed by atoms with van der Waals surface area (Å²) >= 11 is 0. The quantitative estimate of drug-likeness (QED) is 0.636. The van der Waals surface area contributed by atoms with Gasteiger partial charge in [-0.1, -0.05) is 30.3 Å². The fourth-order valence-electron chi connectivity index (χ4n) is 2.43. The lowest BCUT2D eigenvalue weighted by molar-refractivity contribution is -0.126. The number of nitrogens with zero attached hydrogens (tertiary/aromatic N) is 1. The number of hydrazine groups is 1. The Morgan fingerprint density at radius 2 is 1.88 bits per heavy atom. The monoisotopic (exact) mass is 341 g/mol. The van der Waals surface area contributed by atoms with Gasteiger partial charge in [0.05, 0.1) is 5.69 Å². The minimum absolute atomic E-state index is 0.183. The van der Waals surface area contributed by atoms with Crippen LogP contribution in [0.15, 0.2) is 54.6 Å². The van der Waals surface area contributed by atoms with E-state index in [1.54, 1.807) is 17.1 Å². The first-order valence-corrected chi connectivity index (χ1v) is 8.21. The second-order valence-electron chi connectivity index (χ2n) is 5.68. The summed E-state index contributed by atoms with van der Waals surface area (Å²) in [6, 6.07) is 16.6. The van der Waals surface area contributed by atoms with Gasteiger partial charge in [-0.15, -0.1) is 0 Å². The van der Waals surface area contributed by atoms with Crippen LogP contribution >= 0.6 is 0 Å². The van der Waals surface area contributed by atoms with Gasteiger partial charge in [-0.05, 0) is 49.6 Å². The van der Waals surface area contributed by atoms with Crippen molar-refractivity contribution in [3.05, 3.63) is 65.7 Å². The lowest BCUT2D eigenvalue weighted by Gasteiger charge is -2.24. The van der Waals surface area contributed by atoms with Crippen molar-refractivity contribution >= 4 is 17.5 Å². The second kappa shape index (κ2) is 8.84. The Balaban J connectivity index is 2.06. The third kappa shape index (κ3) is 5.32. The van der Waals surface area contributed by atoms with Crippen molar-refractivity contribution in [1.29, 1.82) is 0 Å². The molecule has 2 aromatic carbocycles. The molecule has 25 heavy (non-hydrogen) atoms. The van der Waals surface area contributed by atoms with Crippen LogP contribution in [0, 0.1) is 0 Å². The first-order chi connectivity index (χ1) is 12.0. The molecule has 0 bridgehead atoms. The zero-order chi connectivity index (χ0) is 18.2. The Kier molecular flexibility index (Phi) is 6.54. The number of benzene rings is 2. The molecular weight excluding hydrogens is 318 g/mol. The van der Waals surface area contributed by atoms with E-state index in [2.05, 4.69) is 5.43 Å². The third-order valence-electron chi connectivity index (χ3n) is 3.85. The Morgan fingerprint density at radius 3 is 2.52 bits per heavy atom. The van der Waals surface area contributed by atoms with Crippen LogP contribution in [0.1, 0.15) is 29.3 Å². The standard InChI is InChI=1S/C19H23N3O3/c1-2-22(21-19(25)15-8-4-3-5-9-15)16-10-6-7-14(13-16)11-12-17(23)18(20)24/h3-10,13,17,23H,2,11-12H2,1H3,(H2,20,24)(H,21,25). The van der Waals surface area contributed by atoms with E-state index in [0.29, 0.717) is 18.5 Å². The minimum Gasteiger partial charge on any atom is -0.383 e. The number of amides is 2. The number of hydrogen-bond donors (Lipinski definition) is 3. The Labute approximate surface area is 147 Å². The first-order valence-electron chi connectivity index (χ1n) is 8.21. The molecule has 0 fully saturated rings. The van der Waals surface area contributed by atoms with E-state index in [9.17, 15) is 14.7 Å². The fourth-order valence-corrected chi connectivity index (χ4v) is 2.43. The maximum Gasteiger partial charge on any atom is 0.269 e. The van der Waals surface area contributed by atoms with E-state index < -0.39 is 12.0 Å². The SMILES string of the molecule is CCN(NC(=O)c1ccccc1)c1cccc(CCC(O)C(N)=O)c1. The number of primary amides is 1. The highest BCUT2D eigenvalue weighted by Gasteiger charge is 2.13. The average molecular weight is 341 g/mol. The first kappa shape index (κ1) is 18.5. The van der Waals surface area contributed by atoms with Crippen LogP contribution in [-0.2, 0) is 11.2 Å². The van der Waals surface area contributed by atoms with Crippen molar-refractivity contribution in [1.82, 2.24) is 5.43 Å². The molecule has 0 heterocycles. The van der Waals surface area contributed by atoms with Gasteiger partial charge in [0.2, 0.25) is 5.91 Å². The molecule has 0 aromatic heterocycles. The summed E-state index contributed by atoms with van der Waals surface area (Å²) in [7, 11) is 0. The molecule has 6 nitrogen and oxygen atoms in total. The van der Waals surface area contributed by atoms with Crippen LogP contribution in [-0.4, -0.2) is 29.6 Å². The van der Waals surface area contributed by atoms with E-state index in [1.165, 1.54) is 0 Å². The van der Waals surface area contributed by atoms with E-state index in [1.807, 2.05) is 49.4 Å². The van der Waals surface area contributed by atoms with E-state index >= 15 is 0 Å². The van der Waals surface area contributed by atoms with E-state index in [-0.39, 0.29) is 12.3 Å². The van der Waals surface area contributed by atoms with Crippen LogP contribution in [0.25, 0.3) is 0 Å². The maximum absolute atomic E-state index is 12.3. The zero-order valence-corrected chi connectivity index (χ0v) is 14.2. The summed E-state index contributed by atoms with van der Waals surface area (Å²) in [5, 5.41) is 11.3. The number of aliphatic hydroxyl groups is 1. The molecule has 6 heteroatoms. The molecule has 1 atom stereocenters. The van der Waals surface area contributed by atoms with Crippen LogP contribution < -0.4 is 16.2 Å². The van der Waals surface area contributed by atoms with E-state index in [4.69, 9.17) is 5.73 Å². The Bertz CT molecular complexity index is 719. The van der Waals surface area contributed by atoms with E-state index in [0.717, 1.165) is 11.3 Å². The predicted molar refractivity (Wildman–Crippen MR) is 96.9 cm³/mol. The normalized spacial score (nSPS) is 11.6. The molecule has 4 N–H and O–H groups in total. The summed E-state index contributed by atoms with van der Waals surface area (Å²) in [4.78, 5) is 23.2. The lowest BCUT2D eigenvalue weighted by atomic mass is 10.1. The number of carbonyl (C=O) groups excluding carboxylic acids is 2. The van der Waals surface area contributed by atoms with Gasteiger partial charge in [-0.25, -0.2) is 0 Å². The average Bonchev–Trinajstić information content (AvgIpc) is 2.64. The molecule has 0 aliphatic rings. The van der Waals surface area contributed by atoms with Gasteiger partial charge >= 0.3 is 0 Å². The molecule has 2 rings (SSSR count). The summed E-state index contributed by atoms with van der Waals surface area (Å²) < 4.78 is 0. The number of aliphatic hydroxyl groups excluding tert-OH is 1. The van der Waals surface area contributed by atoms with Crippen molar-refractivity contribution in [3.63, 3.8) is 0 Å². The number of rotatable bonds is 8. The highest BCUT2D eigenvalue weighted by atomic mass is 16.3. The number of nitrogens with two attached hydrogens (primary N) is 1. The topological polar surface area (TPSA) is 95.7 Å². The van der Waals surface area contributed by atoms with Crippen LogP contribution in [0.2, 0.25) is 0 Å². The van der Waals surface area contributed by atoms with Crippen LogP contribution in [0.4, 0.5) is 5.69 Å². The zero-order valence-electron chi connectivity index (χ0n) is 14.2. The van der Waals surface area contributed by atoms with Gasteiger partial charge in [0.1, 0.15) is 6.10 Å². The summed E-state index contributed by atoms with van der Waals surface area (Å²) in [6.45, 7) is 2.53. The molecule has 0 radical (unpaired) electrons. The maximum atomic E-state index is 12.3. The molecular formula is C19H23N3O3. The highest BCUT2D eigenvalue weighted by Crippen LogP contribution is 2.17. The fraction of sp³-hybridized carbons (Fsp3) is 0.263. The molecule has 0 saturated carbocycles. The molecule has 0 saturated heterocycles. The highest BCUT2D eigenvalue weighted by molar-refractivity contribution is 5.95. The Morgan fingerprint density at radius 1 is 1.16 bits per heavy atom. The van der Waals surface area contributed by atoms with Gasteiger partial charge < -0.3 is 10.8 Å². The molecule has 132 valence electrons. The number of carbonyl (C=O) groups is 2. The minimum atomic E-state index is -1.15. The van der Waals surface area contributed by atoms with Crippen LogP contribution in [0.3, 0.4) is 0 Å². The predicted octanol–water partition coefficient (Wildman–Crippen LogP) is 1.64. The van der Waals surface area contributed by atoms with Gasteiger partial charge in [0.25, 0.3) is 5.91 Å². The van der Waals surface area contributed by atoms with Crippen molar-refractivity contribution in [2.75, 3.05) is 11.6 Å². The van der Waals surface area contributed by atoms with Gasteiger partial charge in [-0.3, -0.25) is 20.0 Å². The van der Waals surface area contributed by atoms with Crippen molar-refractivity contribution in [3.8, 4) is 0 Å². The van der Waals surface area contributed by atoms with Crippen molar-refractivity contribution in [2.24, 2.45) is 5.73 Å². The molecule has 0 spiro atoms. The van der Waals surface area contributed by atoms with Crippen molar-refractivity contribution < 1.29 is 14.7 Å². The number of aryl methyl sites for hydroxylation is 1. The van der Waals surface area contributed by atoms with Gasteiger partial charge in [-0.2, -0.15) is 0 Å². The smallest absolute Gasteiger partial charge is 0.269 e. The van der Waals surface area contributed by atoms with Crippen molar-refractivity contribution in [2.45, 2.75) is 25.9 Å². The molecule has 2 amide bonds. The molecule has 1 unspecified atom stereocenters. The number of anilines is 1. The molecule has 2 aromatic rings. The number of hydrogen-bond acceptors (Lipinski definition) is 4. The lowest BCUT2D eigenvalue weighted by Crippen LogP contribution is -2.42. The van der Waals surface area contributed by atoms with Gasteiger partial charge in [0.15, 0.2) is 0 Å². The molecule has 0 aliphatic heterocycles. The van der Waals surface area contributed by atoms with Crippen LogP contribution in [0.5, 0.6) is 0 Å². The second-order valence-corrected chi connectivity index (χ2v) is 5.68. The summed E-state index contributed by atoms with van der Waals surface area (Å²) in [6.07, 6.45) is -0.368. The summed E-state index contributed by atoms with van der Waals surface area (Å²) in [5.74, 6) is -0.904. The molecule has 0 aliphatic carbocycles.